The minimum absolute atomic E-state index is 0. The zero-order valence-corrected chi connectivity index (χ0v) is 36.0. The minimum Gasteiger partial charge on any atom is -0.394 e. The van der Waals surface area contributed by atoms with Gasteiger partial charge in [0.25, 0.3) is 0 Å². The lowest BCUT2D eigenvalue weighted by Crippen LogP contribution is -2.70. The first-order chi connectivity index (χ1) is 26.5. The Kier molecular flexibility index (Phi) is 26.9. The van der Waals surface area contributed by atoms with Crippen LogP contribution in [0.4, 0.5) is 0 Å². The molecular weight excluding hydrogens is 944 g/mol. The summed E-state index contributed by atoms with van der Waals surface area (Å²) >= 11 is 0. The maximum absolute atomic E-state index is 11.3. The molecule has 0 aromatic carbocycles. The number of aliphatic hydroxyl groups is 12. The maximum atomic E-state index is 11.3. The smallest absolute Gasteiger partial charge is 0.176 e. The van der Waals surface area contributed by atoms with Crippen molar-refractivity contribution in [3.63, 3.8) is 0 Å². The topological polar surface area (TPSA) is 456 Å². The molecule has 31 heteroatoms. The van der Waals surface area contributed by atoms with Gasteiger partial charge in [-0.3, -0.25) is 0 Å². The molecule has 5 fully saturated rings. The standard InChI is InChI=1S/C30H57N5O21.5ClH/c31-11-18(43)22(7(2-37)48-26(11)47)53-28-13(33)20(45)24(9(4-39)50-28)55-30-15(35)21(46)25(10(5-40)52-30)56-29-14(34)19(44)23(8(3-38)51-29)54-27-12(32)17(42)16(41)6(1-36)49-27;;;;;/h6-30,36-47H,1-5,31-35H2;5*1H. The van der Waals surface area contributed by atoms with Gasteiger partial charge in [0.05, 0.1) is 63.2 Å². The van der Waals surface area contributed by atoms with Crippen LogP contribution in [0.15, 0.2) is 0 Å². The average molecular weight is 1010 g/mol. The van der Waals surface area contributed by atoms with E-state index in [0.29, 0.717) is 0 Å². The summed E-state index contributed by atoms with van der Waals surface area (Å²) in [5.74, 6) is 0. The molecule has 26 nitrogen and oxygen atoms in total. The highest BCUT2D eigenvalue weighted by molar-refractivity contribution is 5.86. The SMILES string of the molecule is Cl.Cl.Cl.Cl.Cl.NC1C(OC2C(CO)OC(OC3C(CO)OC(OC4C(CO)OC(OC5C(CO)OC(O)C(N)C5O)C(N)C4O)C(N)C3O)C(N)C2O)OC(CO)C(O)C1O. The summed E-state index contributed by atoms with van der Waals surface area (Å²) in [4.78, 5) is 0. The van der Waals surface area contributed by atoms with E-state index in [0.717, 1.165) is 0 Å². The number of hydrogen-bond donors (Lipinski definition) is 17. The van der Waals surface area contributed by atoms with Crippen LogP contribution in [0.2, 0.25) is 0 Å². The third kappa shape index (κ3) is 12.9. The van der Waals surface area contributed by atoms with Gasteiger partial charge in [-0.1, -0.05) is 0 Å². The zero-order chi connectivity index (χ0) is 41.3. The van der Waals surface area contributed by atoms with E-state index in [-0.39, 0.29) is 62.0 Å². The van der Waals surface area contributed by atoms with Crippen molar-refractivity contribution in [3.05, 3.63) is 0 Å². The number of hydrogen-bond acceptors (Lipinski definition) is 26. The fourth-order valence-electron chi connectivity index (χ4n) is 7.25. The number of aliphatic hydroxyl groups excluding tert-OH is 12. The first kappa shape index (κ1) is 61.4. The van der Waals surface area contributed by atoms with Crippen molar-refractivity contribution >= 4 is 62.0 Å². The van der Waals surface area contributed by atoms with Gasteiger partial charge in [0.15, 0.2) is 31.5 Å². The molecule has 22 N–H and O–H groups in total. The molecule has 0 spiro atoms. The Labute approximate surface area is 379 Å². The van der Waals surface area contributed by atoms with Crippen LogP contribution >= 0.6 is 62.0 Å². The molecular formula is C30H62Cl5N5O21. The van der Waals surface area contributed by atoms with Gasteiger partial charge in [-0.2, -0.15) is 0 Å². The number of nitrogens with two attached hydrogens (primary N) is 5. The summed E-state index contributed by atoms with van der Waals surface area (Å²) in [6, 6.07) is -7.14. The van der Waals surface area contributed by atoms with Crippen LogP contribution in [0.25, 0.3) is 0 Å². The number of rotatable bonds is 13. The van der Waals surface area contributed by atoms with E-state index >= 15 is 0 Å². The van der Waals surface area contributed by atoms with Crippen LogP contribution in [0.3, 0.4) is 0 Å². The molecule has 61 heavy (non-hydrogen) atoms. The molecule has 0 saturated carbocycles. The van der Waals surface area contributed by atoms with E-state index in [1.165, 1.54) is 0 Å². The highest BCUT2D eigenvalue weighted by Gasteiger charge is 2.55. The Morgan fingerprint density at radius 1 is 0.311 bits per heavy atom. The monoisotopic (exact) mass is 1000 g/mol. The van der Waals surface area contributed by atoms with Gasteiger partial charge in [0.2, 0.25) is 0 Å². The van der Waals surface area contributed by atoms with Crippen molar-refractivity contribution in [2.45, 2.75) is 153 Å². The van der Waals surface area contributed by atoms with Crippen LogP contribution in [0, 0.1) is 0 Å². The summed E-state index contributed by atoms with van der Waals surface area (Å²) in [7, 11) is 0. The molecule has 0 bridgehead atoms. The van der Waals surface area contributed by atoms with Gasteiger partial charge < -0.3 is 133 Å². The lowest BCUT2D eigenvalue weighted by Gasteiger charge is -2.50. The normalized spacial score (nSPS) is 48.8. The Morgan fingerprint density at radius 3 is 0.820 bits per heavy atom. The van der Waals surface area contributed by atoms with Crippen molar-refractivity contribution in [2.24, 2.45) is 28.7 Å². The van der Waals surface area contributed by atoms with Crippen LogP contribution in [0.1, 0.15) is 0 Å². The lowest BCUT2D eigenvalue weighted by molar-refractivity contribution is -0.364. The van der Waals surface area contributed by atoms with E-state index < -0.39 is 186 Å². The second-order valence-corrected chi connectivity index (χ2v) is 14.4. The first-order valence-electron chi connectivity index (χ1n) is 18.0. The maximum Gasteiger partial charge on any atom is 0.176 e. The third-order valence-corrected chi connectivity index (χ3v) is 10.7. The highest BCUT2D eigenvalue weighted by Crippen LogP contribution is 2.34. The van der Waals surface area contributed by atoms with Crippen LogP contribution in [-0.2, 0) is 42.6 Å². The summed E-state index contributed by atoms with van der Waals surface area (Å²) < 4.78 is 51.1. The molecule has 5 aliphatic heterocycles. The summed E-state index contributed by atoms with van der Waals surface area (Å²) in [6.07, 6.45) is -30.5. The summed E-state index contributed by atoms with van der Waals surface area (Å²) in [5.41, 5.74) is 30.4. The quantitative estimate of drug-likeness (QED) is 0.0814. The van der Waals surface area contributed by atoms with Crippen molar-refractivity contribution in [2.75, 3.05) is 33.0 Å². The highest BCUT2D eigenvalue weighted by atomic mass is 35.5. The van der Waals surface area contributed by atoms with Crippen molar-refractivity contribution < 1.29 is 104 Å². The van der Waals surface area contributed by atoms with E-state index in [1.54, 1.807) is 0 Å². The van der Waals surface area contributed by atoms with Crippen LogP contribution in [-0.4, -0.2) is 248 Å². The van der Waals surface area contributed by atoms with Gasteiger partial charge in [-0.25, -0.2) is 0 Å². The Bertz CT molecular complexity index is 1240. The van der Waals surface area contributed by atoms with Crippen molar-refractivity contribution in [3.8, 4) is 0 Å². The predicted molar refractivity (Wildman–Crippen MR) is 213 cm³/mol. The zero-order valence-electron chi connectivity index (χ0n) is 31.9. The predicted octanol–water partition coefficient (Wildman–Crippen LogP) is -9.98. The average Bonchev–Trinajstić information content (AvgIpc) is 3.19. The van der Waals surface area contributed by atoms with E-state index in [1.807, 2.05) is 0 Å². The molecule has 5 rings (SSSR count). The van der Waals surface area contributed by atoms with Gasteiger partial charge in [-0.05, 0) is 0 Å². The number of ether oxygens (including phenoxy) is 9. The van der Waals surface area contributed by atoms with Crippen molar-refractivity contribution in [1.82, 2.24) is 0 Å². The Morgan fingerprint density at radius 2 is 0.541 bits per heavy atom. The fourth-order valence-corrected chi connectivity index (χ4v) is 7.25. The fraction of sp³-hybridized carbons (Fsp3) is 1.00. The molecule has 25 unspecified atom stereocenters. The van der Waals surface area contributed by atoms with E-state index in [9.17, 15) is 61.3 Å². The molecule has 0 amide bonds. The molecule has 0 aromatic rings. The molecule has 0 aliphatic carbocycles. The minimum atomic E-state index is -1.74. The van der Waals surface area contributed by atoms with Gasteiger partial charge in [-0.15, -0.1) is 62.0 Å². The Balaban J connectivity index is 0.00000720. The second kappa shape index (κ2) is 26.7. The third-order valence-electron chi connectivity index (χ3n) is 10.7. The summed E-state index contributed by atoms with van der Waals surface area (Å²) in [6.45, 7) is -3.86. The molecule has 5 aliphatic rings. The van der Waals surface area contributed by atoms with Crippen LogP contribution < -0.4 is 28.7 Å². The molecule has 0 aromatic heterocycles. The first-order valence-corrected chi connectivity index (χ1v) is 18.0. The molecule has 25 atom stereocenters. The largest absolute Gasteiger partial charge is 0.394 e. The summed E-state index contributed by atoms with van der Waals surface area (Å²) in [5, 5.41) is 124. The Hall–Kier alpha value is 0.410. The molecule has 5 heterocycles. The van der Waals surface area contributed by atoms with Gasteiger partial charge in [0, 0.05) is 0 Å². The second-order valence-electron chi connectivity index (χ2n) is 14.4. The van der Waals surface area contributed by atoms with Gasteiger partial charge in [0.1, 0.15) is 91.6 Å². The van der Waals surface area contributed by atoms with E-state index in [2.05, 4.69) is 0 Å². The molecule has 5 saturated heterocycles. The molecule has 368 valence electrons. The van der Waals surface area contributed by atoms with Crippen LogP contribution in [0.5, 0.6) is 0 Å². The lowest BCUT2D eigenvalue weighted by atomic mass is 9.94. The van der Waals surface area contributed by atoms with Gasteiger partial charge >= 0.3 is 0 Å². The molecule has 0 radical (unpaired) electrons. The number of halogens is 5. The van der Waals surface area contributed by atoms with E-state index in [4.69, 9.17) is 71.3 Å². The van der Waals surface area contributed by atoms with Crippen molar-refractivity contribution in [1.29, 1.82) is 0 Å².